The Hall–Kier alpha value is -0.870. The van der Waals surface area contributed by atoms with E-state index in [0.717, 1.165) is 24.8 Å². The molecular formula is C16H30N4. The van der Waals surface area contributed by atoms with Crippen LogP contribution in [0.15, 0.2) is 6.20 Å². The third-order valence-corrected chi connectivity index (χ3v) is 4.49. The highest BCUT2D eigenvalue weighted by Gasteiger charge is 2.17. The third kappa shape index (κ3) is 4.60. The van der Waals surface area contributed by atoms with E-state index in [0.29, 0.717) is 0 Å². The van der Waals surface area contributed by atoms with Gasteiger partial charge in [0.05, 0.1) is 5.69 Å². The summed E-state index contributed by atoms with van der Waals surface area (Å²) >= 11 is 0. The van der Waals surface area contributed by atoms with Crippen LogP contribution in [-0.4, -0.2) is 40.9 Å². The Balaban J connectivity index is 1.58. The van der Waals surface area contributed by atoms with Gasteiger partial charge in [0.1, 0.15) is 0 Å². The molecule has 4 nitrogen and oxygen atoms in total. The maximum atomic E-state index is 4.37. The Morgan fingerprint density at radius 2 is 2.10 bits per heavy atom. The molecule has 4 heteroatoms. The van der Waals surface area contributed by atoms with Gasteiger partial charge in [0, 0.05) is 31.4 Å². The molecule has 0 bridgehead atoms. The van der Waals surface area contributed by atoms with Gasteiger partial charge in [-0.2, -0.15) is 5.10 Å². The van der Waals surface area contributed by atoms with Gasteiger partial charge in [-0.05, 0) is 46.3 Å². The van der Waals surface area contributed by atoms with Crippen LogP contribution < -0.4 is 5.32 Å². The second-order valence-electron chi connectivity index (χ2n) is 6.22. The number of rotatable bonds is 7. The van der Waals surface area contributed by atoms with Crippen molar-refractivity contribution >= 4 is 0 Å². The van der Waals surface area contributed by atoms with Crippen molar-refractivity contribution in [3.05, 3.63) is 17.5 Å². The predicted molar refractivity (Wildman–Crippen MR) is 83.8 cm³/mol. The first-order chi connectivity index (χ1) is 9.66. The summed E-state index contributed by atoms with van der Waals surface area (Å²) in [5.41, 5.74) is 2.45. The molecule has 1 N–H and O–H groups in total. The van der Waals surface area contributed by atoms with Crippen LogP contribution in [0.5, 0.6) is 0 Å². The monoisotopic (exact) mass is 278 g/mol. The average Bonchev–Trinajstić information content (AvgIpc) is 2.77. The number of nitrogens with one attached hydrogen (secondary N) is 1. The lowest BCUT2D eigenvalue weighted by Gasteiger charge is -2.31. The molecule has 0 unspecified atom stereocenters. The summed E-state index contributed by atoms with van der Waals surface area (Å²) in [6.07, 6.45) is 10.4. The zero-order valence-corrected chi connectivity index (χ0v) is 13.4. The molecule has 1 aliphatic carbocycles. The molecular weight excluding hydrogens is 248 g/mol. The first kappa shape index (κ1) is 15.5. The van der Waals surface area contributed by atoms with Crippen molar-refractivity contribution < 1.29 is 0 Å². The lowest BCUT2D eigenvalue weighted by molar-refractivity contribution is 0.189. The van der Waals surface area contributed by atoms with Crippen molar-refractivity contribution in [2.24, 2.45) is 7.05 Å². The number of hydrogen-bond acceptors (Lipinski definition) is 3. The second kappa shape index (κ2) is 7.79. The molecule has 0 amide bonds. The highest BCUT2D eigenvalue weighted by atomic mass is 15.2. The lowest BCUT2D eigenvalue weighted by atomic mass is 9.94. The van der Waals surface area contributed by atoms with Crippen molar-refractivity contribution in [2.75, 3.05) is 20.1 Å². The fraction of sp³-hybridized carbons (Fsp3) is 0.812. The van der Waals surface area contributed by atoms with E-state index in [-0.39, 0.29) is 0 Å². The molecule has 0 saturated heterocycles. The summed E-state index contributed by atoms with van der Waals surface area (Å²) in [7, 11) is 4.27. The highest BCUT2D eigenvalue weighted by Crippen LogP contribution is 2.21. The number of aromatic nitrogens is 2. The molecule has 0 radical (unpaired) electrons. The van der Waals surface area contributed by atoms with Crippen molar-refractivity contribution in [1.29, 1.82) is 0 Å². The smallest absolute Gasteiger partial charge is 0.0638 e. The van der Waals surface area contributed by atoms with E-state index in [1.54, 1.807) is 0 Å². The third-order valence-electron chi connectivity index (χ3n) is 4.49. The molecule has 1 aliphatic rings. The Kier molecular flexibility index (Phi) is 6.05. The van der Waals surface area contributed by atoms with Gasteiger partial charge in [0.2, 0.25) is 0 Å². The largest absolute Gasteiger partial charge is 0.312 e. The van der Waals surface area contributed by atoms with E-state index in [9.17, 15) is 0 Å². The van der Waals surface area contributed by atoms with Crippen LogP contribution in [0.1, 0.15) is 49.8 Å². The molecule has 0 aliphatic heterocycles. The van der Waals surface area contributed by atoms with Crippen molar-refractivity contribution in [3.63, 3.8) is 0 Å². The van der Waals surface area contributed by atoms with E-state index in [4.69, 9.17) is 0 Å². The van der Waals surface area contributed by atoms with Crippen LogP contribution in [-0.2, 0) is 13.6 Å². The maximum absolute atomic E-state index is 4.37. The normalized spacial score (nSPS) is 17.0. The summed E-state index contributed by atoms with van der Waals surface area (Å²) in [5.74, 6) is 0. The first-order valence-electron chi connectivity index (χ1n) is 8.07. The molecule has 0 spiro atoms. The lowest BCUT2D eigenvalue weighted by Crippen LogP contribution is -2.35. The topological polar surface area (TPSA) is 33.1 Å². The van der Waals surface area contributed by atoms with Crippen molar-refractivity contribution in [2.45, 2.75) is 58.0 Å². The van der Waals surface area contributed by atoms with Gasteiger partial charge in [0.25, 0.3) is 0 Å². The van der Waals surface area contributed by atoms with Gasteiger partial charge in [-0.1, -0.05) is 19.3 Å². The molecule has 0 aromatic carbocycles. The van der Waals surface area contributed by atoms with Gasteiger partial charge in [-0.3, -0.25) is 4.68 Å². The molecule has 1 saturated carbocycles. The molecule has 114 valence electrons. The standard InChI is InChI=1S/C16H30N4/c1-14-15(13-20(3)18-14)12-17-10-7-11-19(2)16-8-5-4-6-9-16/h13,16-17H,4-12H2,1-3H3. The second-order valence-corrected chi connectivity index (χ2v) is 6.22. The van der Waals surface area contributed by atoms with E-state index in [1.165, 1.54) is 50.6 Å². The number of aryl methyl sites for hydroxylation is 2. The molecule has 1 fully saturated rings. The van der Waals surface area contributed by atoms with E-state index in [1.807, 2.05) is 11.7 Å². The SMILES string of the molecule is Cc1nn(C)cc1CNCCCN(C)C1CCCCC1. The molecule has 20 heavy (non-hydrogen) atoms. The Morgan fingerprint density at radius 3 is 2.75 bits per heavy atom. The summed E-state index contributed by atoms with van der Waals surface area (Å²) in [4.78, 5) is 2.57. The number of hydrogen-bond donors (Lipinski definition) is 1. The van der Waals surface area contributed by atoms with Crippen molar-refractivity contribution in [1.82, 2.24) is 20.0 Å². The van der Waals surface area contributed by atoms with Gasteiger partial charge in [0.15, 0.2) is 0 Å². The Labute approximate surface area is 123 Å². The maximum Gasteiger partial charge on any atom is 0.0638 e. The van der Waals surface area contributed by atoms with Gasteiger partial charge in [-0.25, -0.2) is 0 Å². The predicted octanol–water partition coefficient (Wildman–Crippen LogP) is 2.47. The minimum Gasteiger partial charge on any atom is -0.312 e. The molecule has 1 heterocycles. The molecule has 0 atom stereocenters. The summed E-state index contributed by atoms with van der Waals surface area (Å²) in [6.45, 7) is 5.32. The van der Waals surface area contributed by atoms with E-state index < -0.39 is 0 Å². The van der Waals surface area contributed by atoms with Gasteiger partial charge >= 0.3 is 0 Å². The van der Waals surface area contributed by atoms with E-state index >= 15 is 0 Å². The van der Waals surface area contributed by atoms with Gasteiger partial charge in [-0.15, -0.1) is 0 Å². The quantitative estimate of drug-likeness (QED) is 0.778. The van der Waals surface area contributed by atoms with Crippen LogP contribution in [0.4, 0.5) is 0 Å². The van der Waals surface area contributed by atoms with Crippen LogP contribution in [0, 0.1) is 6.92 Å². The summed E-state index contributed by atoms with van der Waals surface area (Å²) in [6, 6.07) is 0.837. The minimum atomic E-state index is 0.837. The first-order valence-corrected chi connectivity index (χ1v) is 8.07. The fourth-order valence-electron chi connectivity index (χ4n) is 3.20. The van der Waals surface area contributed by atoms with E-state index in [2.05, 4.69) is 35.5 Å². The number of nitrogens with zero attached hydrogens (tertiary/aromatic N) is 3. The zero-order valence-electron chi connectivity index (χ0n) is 13.4. The fourth-order valence-corrected chi connectivity index (χ4v) is 3.20. The van der Waals surface area contributed by atoms with Crippen LogP contribution in [0.25, 0.3) is 0 Å². The van der Waals surface area contributed by atoms with Crippen molar-refractivity contribution in [3.8, 4) is 0 Å². The van der Waals surface area contributed by atoms with Crippen LogP contribution in [0.3, 0.4) is 0 Å². The average molecular weight is 278 g/mol. The van der Waals surface area contributed by atoms with Crippen LogP contribution in [0.2, 0.25) is 0 Å². The molecule has 1 aromatic heterocycles. The Bertz CT molecular complexity index is 393. The zero-order chi connectivity index (χ0) is 14.4. The molecule has 2 rings (SSSR count). The van der Waals surface area contributed by atoms with Gasteiger partial charge < -0.3 is 10.2 Å². The summed E-state index contributed by atoms with van der Waals surface area (Å²) < 4.78 is 1.89. The van der Waals surface area contributed by atoms with Crippen LogP contribution >= 0.6 is 0 Å². The summed E-state index contributed by atoms with van der Waals surface area (Å²) in [5, 5.41) is 7.90. The Morgan fingerprint density at radius 1 is 1.35 bits per heavy atom. The molecule has 1 aromatic rings. The highest BCUT2D eigenvalue weighted by molar-refractivity contribution is 5.14. The minimum absolute atomic E-state index is 0.837.